The van der Waals surface area contributed by atoms with Crippen molar-refractivity contribution in [2.75, 3.05) is 37.7 Å². The van der Waals surface area contributed by atoms with Crippen LogP contribution in [0.2, 0.25) is 0 Å². The number of aromatic nitrogens is 2. The summed E-state index contributed by atoms with van der Waals surface area (Å²) < 4.78 is 5.70. The zero-order chi connectivity index (χ0) is 14.7. The molecule has 6 nitrogen and oxygen atoms in total. The van der Waals surface area contributed by atoms with Crippen LogP contribution in [0.4, 0.5) is 5.82 Å². The highest BCUT2D eigenvalue weighted by molar-refractivity contribution is 5.82. The molecule has 1 unspecified atom stereocenters. The minimum atomic E-state index is -0.368. The predicted molar refractivity (Wildman–Crippen MR) is 79.2 cm³/mol. The molecular weight excluding hydrogens is 268 g/mol. The number of carbonyl (C=O) groups is 1. The van der Waals surface area contributed by atoms with Gasteiger partial charge in [-0.05, 0) is 26.2 Å². The maximum Gasteiger partial charge on any atom is 0.253 e. The second-order valence-corrected chi connectivity index (χ2v) is 5.71. The van der Waals surface area contributed by atoms with Crippen LogP contribution in [0, 0.1) is 6.92 Å². The van der Waals surface area contributed by atoms with E-state index in [1.54, 1.807) is 6.33 Å². The van der Waals surface area contributed by atoms with E-state index < -0.39 is 0 Å². The standard InChI is InChI=1S/C15H22N4O2/c1-12-9-14(17-11-16-12)19-7-8-21-13(10-19)15(20)18-5-3-2-4-6-18/h9,11,13H,2-8,10H2,1H3. The third-order valence-electron chi connectivity index (χ3n) is 4.12. The van der Waals surface area contributed by atoms with Gasteiger partial charge in [0.25, 0.3) is 5.91 Å². The molecule has 3 rings (SSSR count). The van der Waals surface area contributed by atoms with E-state index in [9.17, 15) is 4.79 Å². The van der Waals surface area contributed by atoms with Gasteiger partial charge in [-0.1, -0.05) is 0 Å². The maximum absolute atomic E-state index is 12.5. The van der Waals surface area contributed by atoms with Crippen molar-refractivity contribution < 1.29 is 9.53 Å². The molecule has 1 aromatic rings. The summed E-state index contributed by atoms with van der Waals surface area (Å²) in [6, 6.07) is 1.95. The van der Waals surface area contributed by atoms with Crippen molar-refractivity contribution in [3.05, 3.63) is 18.1 Å². The van der Waals surface area contributed by atoms with E-state index in [4.69, 9.17) is 4.74 Å². The summed E-state index contributed by atoms with van der Waals surface area (Å²) >= 11 is 0. The van der Waals surface area contributed by atoms with Gasteiger partial charge in [-0.3, -0.25) is 4.79 Å². The molecule has 6 heteroatoms. The molecule has 2 aliphatic rings. The van der Waals surface area contributed by atoms with E-state index in [1.165, 1.54) is 6.42 Å². The van der Waals surface area contributed by atoms with Crippen molar-refractivity contribution in [2.24, 2.45) is 0 Å². The summed E-state index contributed by atoms with van der Waals surface area (Å²) in [5, 5.41) is 0. The average molecular weight is 290 g/mol. The van der Waals surface area contributed by atoms with E-state index in [0.717, 1.165) is 44.0 Å². The van der Waals surface area contributed by atoms with Crippen LogP contribution in [0.5, 0.6) is 0 Å². The number of likely N-dealkylation sites (tertiary alicyclic amines) is 1. The highest BCUT2D eigenvalue weighted by atomic mass is 16.5. The molecule has 2 aliphatic heterocycles. The van der Waals surface area contributed by atoms with E-state index in [0.29, 0.717) is 13.2 Å². The molecule has 0 spiro atoms. The SMILES string of the molecule is Cc1cc(N2CCOC(C(=O)N3CCCCC3)C2)ncn1. The van der Waals surface area contributed by atoms with Crippen LogP contribution in [0.1, 0.15) is 25.0 Å². The van der Waals surface area contributed by atoms with Crippen LogP contribution in [0.3, 0.4) is 0 Å². The molecule has 0 N–H and O–H groups in total. The van der Waals surface area contributed by atoms with E-state index >= 15 is 0 Å². The van der Waals surface area contributed by atoms with Crippen LogP contribution in [0.15, 0.2) is 12.4 Å². The van der Waals surface area contributed by atoms with Gasteiger partial charge in [0, 0.05) is 31.4 Å². The number of hydrogen-bond donors (Lipinski definition) is 0. The quantitative estimate of drug-likeness (QED) is 0.813. The van der Waals surface area contributed by atoms with Gasteiger partial charge >= 0.3 is 0 Å². The van der Waals surface area contributed by atoms with E-state index in [-0.39, 0.29) is 12.0 Å². The van der Waals surface area contributed by atoms with E-state index in [1.807, 2.05) is 17.9 Å². The van der Waals surface area contributed by atoms with E-state index in [2.05, 4.69) is 14.9 Å². The van der Waals surface area contributed by atoms with Crippen molar-refractivity contribution in [3.8, 4) is 0 Å². The van der Waals surface area contributed by atoms with Crippen molar-refractivity contribution in [1.82, 2.24) is 14.9 Å². The van der Waals surface area contributed by atoms with Gasteiger partial charge in [0.1, 0.15) is 12.1 Å². The Morgan fingerprint density at radius 3 is 2.81 bits per heavy atom. The topological polar surface area (TPSA) is 58.6 Å². The van der Waals surface area contributed by atoms with Gasteiger partial charge in [-0.25, -0.2) is 9.97 Å². The zero-order valence-electron chi connectivity index (χ0n) is 12.5. The lowest BCUT2D eigenvalue weighted by molar-refractivity contribution is -0.145. The first-order valence-corrected chi connectivity index (χ1v) is 7.68. The van der Waals surface area contributed by atoms with Crippen LogP contribution in [0.25, 0.3) is 0 Å². The summed E-state index contributed by atoms with van der Waals surface area (Å²) in [7, 11) is 0. The molecule has 1 aromatic heterocycles. The number of morpholine rings is 1. The van der Waals surface area contributed by atoms with Gasteiger partial charge in [-0.2, -0.15) is 0 Å². The minimum Gasteiger partial charge on any atom is -0.365 e. The molecule has 21 heavy (non-hydrogen) atoms. The van der Waals surface area contributed by atoms with Gasteiger partial charge in [-0.15, -0.1) is 0 Å². The number of piperidine rings is 1. The smallest absolute Gasteiger partial charge is 0.253 e. The Hall–Kier alpha value is -1.69. The summed E-state index contributed by atoms with van der Waals surface area (Å²) in [6.07, 6.45) is 4.64. The lowest BCUT2D eigenvalue weighted by Gasteiger charge is -2.36. The largest absolute Gasteiger partial charge is 0.365 e. The summed E-state index contributed by atoms with van der Waals surface area (Å²) in [5.74, 6) is 1.01. The lowest BCUT2D eigenvalue weighted by atomic mass is 10.1. The maximum atomic E-state index is 12.5. The highest BCUT2D eigenvalue weighted by Crippen LogP contribution is 2.18. The first-order chi connectivity index (χ1) is 10.2. The van der Waals surface area contributed by atoms with Crippen LogP contribution < -0.4 is 4.90 Å². The minimum absolute atomic E-state index is 0.130. The number of rotatable bonds is 2. The second kappa shape index (κ2) is 6.39. The lowest BCUT2D eigenvalue weighted by Crippen LogP contribution is -2.52. The summed E-state index contributed by atoms with van der Waals surface area (Å²) in [6.45, 7) is 5.58. The number of aryl methyl sites for hydroxylation is 1. The number of nitrogens with zero attached hydrogens (tertiary/aromatic N) is 4. The average Bonchev–Trinajstić information content (AvgIpc) is 2.55. The number of anilines is 1. The Balaban J connectivity index is 1.66. The fraction of sp³-hybridized carbons (Fsp3) is 0.667. The molecule has 0 bridgehead atoms. The molecule has 3 heterocycles. The normalized spacial score (nSPS) is 23.2. The number of amides is 1. The van der Waals surface area contributed by atoms with Crippen LogP contribution in [-0.4, -0.2) is 59.7 Å². The molecule has 0 saturated carbocycles. The Morgan fingerprint density at radius 1 is 1.24 bits per heavy atom. The van der Waals surface area contributed by atoms with Crippen molar-refractivity contribution in [3.63, 3.8) is 0 Å². The van der Waals surface area contributed by atoms with Gasteiger partial charge < -0.3 is 14.5 Å². The van der Waals surface area contributed by atoms with Gasteiger partial charge in [0.05, 0.1) is 13.2 Å². The molecule has 2 saturated heterocycles. The molecule has 2 fully saturated rings. The molecule has 114 valence electrons. The number of hydrogen-bond acceptors (Lipinski definition) is 5. The van der Waals surface area contributed by atoms with Crippen molar-refractivity contribution in [1.29, 1.82) is 0 Å². The summed E-state index contributed by atoms with van der Waals surface area (Å²) in [5.41, 5.74) is 0.936. The fourth-order valence-corrected chi connectivity index (χ4v) is 2.94. The zero-order valence-corrected chi connectivity index (χ0v) is 12.5. The number of carbonyl (C=O) groups excluding carboxylic acids is 1. The Bertz CT molecular complexity index is 502. The molecule has 0 aromatic carbocycles. The first-order valence-electron chi connectivity index (χ1n) is 7.68. The van der Waals surface area contributed by atoms with Gasteiger partial charge in [0.15, 0.2) is 6.10 Å². The monoisotopic (exact) mass is 290 g/mol. The fourth-order valence-electron chi connectivity index (χ4n) is 2.94. The van der Waals surface area contributed by atoms with Crippen molar-refractivity contribution in [2.45, 2.75) is 32.3 Å². The molecule has 0 radical (unpaired) electrons. The molecule has 1 amide bonds. The second-order valence-electron chi connectivity index (χ2n) is 5.71. The van der Waals surface area contributed by atoms with Crippen molar-refractivity contribution >= 4 is 11.7 Å². The number of ether oxygens (including phenoxy) is 1. The Morgan fingerprint density at radius 2 is 2.05 bits per heavy atom. The molecule has 0 aliphatic carbocycles. The first kappa shape index (κ1) is 14.3. The van der Waals surface area contributed by atoms with Gasteiger partial charge in [0.2, 0.25) is 0 Å². The van der Waals surface area contributed by atoms with Crippen LogP contribution >= 0.6 is 0 Å². The predicted octanol–water partition coefficient (Wildman–Crippen LogP) is 1.00. The highest BCUT2D eigenvalue weighted by Gasteiger charge is 2.31. The van der Waals surface area contributed by atoms with Crippen LogP contribution in [-0.2, 0) is 9.53 Å². The molecular formula is C15H22N4O2. The Labute approximate surface area is 125 Å². The third kappa shape index (κ3) is 3.32. The third-order valence-corrected chi connectivity index (χ3v) is 4.12. The Kier molecular flexibility index (Phi) is 4.34. The summed E-state index contributed by atoms with van der Waals surface area (Å²) in [4.78, 5) is 25.0. The molecule has 1 atom stereocenters.